The second-order valence-electron chi connectivity index (χ2n) is 8.08. The number of ether oxygens (including phenoxy) is 1. The van der Waals surface area contributed by atoms with Crippen LogP contribution in [0, 0.1) is 0 Å². The van der Waals surface area contributed by atoms with Gasteiger partial charge in [-0.25, -0.2) is 10.3 Å². The van der Waals surface area contributed by atoms with Gasteiger partial charge in [-0.05, 0) is 29.3 Å². The molecule has 0 bridgehead atoms. The van der Waals surface area contributed by atoms with Crippen LogP contribution < -0.4 is 15.5 Å². The average molecular weight is 435 g/mol. The number of hydroxylamine groups is 1. The van der Waals surface area contributed by atoms with E-state index in [9.17, 15) is 14.4 Å². The van der Waals surface area contributed by atoms with Crippen LogP contribution in [0.5, 0.6) is 5.75 Å². The number of fused-ring (bicyclic) bond motifs is 1. The highest BCUT2D eigenvalue weighted by molar-refractivity contribution is 6.01. The molecule has 0 radical (unpaired) electrons. The number of Topliss-reactive ketones (excluding diaryl/α,β-unsaturated/α-hetero) is 1. The van der Waals surface area contributed by atoms with Gasteiger partial charge in [-0.15, -0.1) is 0 Å². The number of carbonyl (C=O) groups is 3. The van der Waals surface area contributed by atoms with Crippen molar-refractivity contribution in [1.82, 2.24) is 15.7 Å². The van der Waals surface area contributed by atoms with E-state index in [1.807, 2.05) is 30.3 Å². The molecule has 0 aromatic heterocycles. The summed E-state index contributed by atoms with van der Waals surface area (Å²) in [5, 5.41) is 11.5. The number of benzene rings is 2. The van der Waals surface area contributed by atoms with Crippen LogP contribution in [-0.2, 0) is 11.3 Å². The number of hydrogen-bond acceptors (Lipinski definition) is 5. The fourth-order valence-corrected chi connectivity index (χ4v) is 4.11. The van der Waals surface area contributed by atoms with Crippen molar-refractivity contribution in [2.24, 2.45) is 0 Å². The molecule has 166 valence electrons. The predicted octanol–water partition coefficient (Wildman–Crippen LogP) is 2.91. The first-order valence-electron chi connectivity index (χ1n) is 10.5. The smallest absolute Gasteiger partial charge is 0.317 e. The lowest BCUT2D eigenvalue weighted by molar-refractivity contribution is -0.124. The van der Waals surface area contributed by atoms with Crippen LogP contribution in [-0.4, -0.2) is 46.5 Å². The number of rotatable bonds is 4. The third-order valence-corrected chi connectivity index (χ3v) is 5.90. The molecule has 0 aliphatic carbocycles. The third kappa shape index (κ3) is 4.81. The molecule has 3 amide bonds. The van der Waals surface area contributed by atoms with E-state index in [-0.39, 0.29) is 18.2 Å². The molecular formula is C24H25N3O5. The van der Waals surface area contributed by atoms with Gasteiger partial charge in [-0.1, -0.05) is 36.4 Å². The number of carbonyl (C=O) groups excluding carboxylic acids is 3. The third-order valence-electron chi connectivity index (χ3n) is 5.90. The molecule has 8 nitrogen and oxygen atoms in total. The van der Waals surface area contributed by atoms with Gasteiger partial charge in [-0.3, -0.25) is 14.8 Å². The molecule has 1 saturated heterocycles. The topological polar surface area (TPSA) is 108 Å². The molecule has 4 rings (SSSR count). The van der Waals surface area contributed by atoms with Crippen molar-refractivity contribution in [2.45, 2.75) is 31.4 Å². The predicted molar refractivity (Wildman–Crippen MR) is 117 cm³/mol. The quantitative estimate of drug-likeness (QED) is 0.389. The van der Waals surface area contributed by atoms with E-state index >= 15 is 0 Å². The van der Waals surface area contributed by atoms with Gasteiger partial charge in [-0.2, -0.15) is 0 Å². The summed E-state index contributed by atoms with van der Waals surface area (Å²) in [5.74, 6) is -0.147. The summed E-state index contributed by atoms with van der Waals surface area (Å²) >= 11 is 0. The number of nitrogens with zero attached hydrogens (tertiary/aromatic N) is 1. The maximum atomic E-state index is 12.9. The number of urea groups is 1. The molecule has 1 fully saturated rings. The molecule has 32 heavy (non-hydrogen) atoms. The van der Waals surface area contributed by atoms with E-state index in [1.54, 1.807) is 23.1 Å². The molecule has 1 spiro atoms. The highest BCUT2D eigenvalue weighted by Crippen LogP contribution is 2.39. The summed E-state index contributed by atoms with van der Waals surface area (Å²) in [6, 6.07) is 14.8. The second-order valence-corrected chi connectivity index (χ2v) is 8.08. The summed E-state index contributed by atoms with van der Waals surface area (Å²) in [7, 11) is 0. The summed E-state index contributed by atoms with van der Waals surface area (Å²) in [5.41, 5.74) is 3.09. The maximum Gasteiger partial charge on any atom is 0.317 e. The Hall–Kier alpha value is -3.65. The number of nitrogens with one attached hydrogen (secondary N) is 2. The molecule has 2 aliphatic rings. The number of likely N-dealkylation sites (tertiary alicyclic amines) is 1. The van der Waals surface area contributed by atoms with E-state index in [0.717, 1.165) is 5.56 Å². The van der Waals surface area contributed by atoms with Crippen molar-refractivity contribution < 1.29 is 24.3 Å². The first kappa shape index (κ1) is 21.6. The van der Waals surface area contributed by atoms with Crippen LogP contribution in [0.25, 0.3) is 6.08 Å². The SMILES string of the molecule is O=C(C=Cc1ccc2c(c1)C(=O)CC1(CCN(C(=O)NCc3ccccc3)CC1)O2)NO. The zero-order valence-electron chi connectivity index (χ0n) is 17.5. The van der Waals surface area contributed by atoms with E-state index in [2.05, 4.69) is 5.32 Å². The van der Waals surface area contributed by atoms with Crippen molar-refractivity contribution in [3.8, 4) is 5.75 Å². The molecule has 0 saturated carbocycles. The van der Waals surface area contributed by atoms with E-state index in [0.29, 0.717) is 49.4 Å². The van der Waals surface area contributed by atoms with Crippen LogP contribution in [0.15, 0.2) is 54.6 Å². The van der Waals surface area contributed by atoms with Crippen molar-refractivity contribution in [2.75, 3.05) is 13.1 Å². The zero-order chi connectivity index (χ0) is 22.6. The zero-order valence-corrected chi connectivity index (χ0v) is 17.5. The van der Waals surface area contributed by atoms with Gasteiger partial charge >= 0.3 is 6.03 Å². The molecule has 3 N–H and O–H groups in total. The Morgan fingerprint density at radius 1 is 1.12 bits per heavy atom. The molecule has 2 aromatic carbocycles. The van der Waals surface area contributed by atoms with Crippen LogP contribution in [0.3, 0.4) is 0 Å². The van der Waals surface area contributed by atoms with Gasteiger partial charge in [0.1, 0.15) is 11.4 Å². The molecule has 2 heterocycles. The molecule has 2 aromatic rings. The lowest BCUT2D eigenvalue weighted by atomic mass is 9.82. The van der Waals surface area contributed by atoms with Crippen molar-refractivity contribution >= 4 is 23.8 Å². The summed E-state index contributed by atoms with van der Waals surface area (Å²) < 4.78 is 6.27. The molecular weight excluding hydrogens is 410 g/mol. The maximum absolute atomic E-state index is 12.9. The van der Waals surface area contributed by atoms with Gasteiger partial charge in [0, 0.05) is 38.6 Å². The van der Waals surface area contributed by atoms with Gasteiger partial charge in [0.2, 0.25) is 0 Å². The van der Waals surface area contributed by atoms with Gasteiger partial charge in [0.25, 0.3) is 5.91 Å². The number of amides is 3. The Kier molecular flexibility index (Phi) is 6.23. The Balaban J connectivity index is 1.37. The van der Waals surface area contributed by atoms with E-state index in [4.69, 9.17) is 9.94 Å². The van der Waals surface area contributed by atoms with Gasteiger partial charge < -0.3 is 15.0 Å². The standard InChI is InChI=1S/C24H25N3O5/c28-20-15-24(32-21-8-6-17(14-19(20)21)7-9-22(29)26-31)10-12-27(13-11-24)23(30)25-16-18-4-2-1-3-5-18/h1-9,14,31H,10-13,15-16H2,(H,25,30)(H,26,29). The fraction of sp³-hybridized carbons (Fsp3) is 0.292. The Morgan fingerprint density at radius 2 is 1.88 bits per heavy atom. The van der Waals surface area contributed by atoms with Crippen molar-refractivity contribution in [1.29, 1.82) is 0 Å². The van der Waals surface area contributed by atoms with E-state index in [1.165, 1.54) is 17.6 Å². The highest BCUT2D eigenvalue weighted by Gasteiger charge is 2.43. The number of piperidine rings is 1. The number of hydrogen-bond donors (Lipinski definition) is 3. The minimum absolute atomic E-state index is 0.0184. The van der Waals surface area contributed by atoms with Gasteiger partial charge in [0.15, 0.2) is 5.78 Å². The largest absolute Gasteiger partial charge is 0.486 e. The lowest BCUT2D eigenvalue weighted by Gasteiger charge is -2.43. The van der Waals surface area contributed by atoms with Crippen LogP contribution in [0.4, 0.5) is 4.79 Å². The summed E-state index contributed by atoms with van der Waals surface area (Å²) in [6.45, 7) is 1.50. The Morgan fingerprint density at radius 3 is 2.59 bits per heavy atom. The van der Waals surface area contributed by atoms with Gasteiger partial charge in [0.05, 0.1) is 12.0 Å². The molecule has 2 aliphatic heterocycles. The Labute approximate surface area is 185 Å². The monoisotopic (exact) mass is 435 g/mol. The fourth-order valence-electron chi connectivity index (χ4n) is 4.11. The molecule has 8 heteroatoms. The van der Waals surface area contributed by atoms with Crippen molar-refractivity contribution in [3.63, 3.8) is 0 Å². The minimum atomic E-state index is -0.649. The first-order chi connectivity index (χ1) is 15.5. The minimum Gasteiger partial charge on any atom is -0.486 e. The summed E-state index contributed by atoms with van der Waals surface area (Å²) in [4.78, 5) is 38.3. The normalized spacial score (nSPS) is 17.0. The Bertz CT molecular complexity index is 1040. The first-order valence-corrected chi connectivity index (χ1v) is 10.5. The van der Waals surface area contributed by atoms with Crippen LogP contribution >= 0.6 is 0 Å². The van der Waals surface area contributed by atoms with Crippen LogP contribution in [0.1, 0.15) is 40.7 Å². The number of ketones is 1. The van der Waals surface area contributed by atoms with Crippen LogP contribution in [0.2, 0.25) is 0 Å². The molecule has 0 atom stereocenters. The lowest BCUT2D eigenvalue weighted by Crippen LogP contribution is -2.54. The van der Waals surface area contributed by atoms with Crippen molar-refractivity contribution in [3.05, 3.63) is 71.3 Å². The second kappa shape index (κ2) is 9.23. The average Bonchev–Trinajstić information content (AvgIpc) is 2.82. The highest BCUT2D eigenvalue weighted by atomic mass is 16.5. The summed E-state index contributed by atoms with van der Waals surface area (Å²) in [6.07, 6.45) is 4.10. The molecule has 0 unspecified atom stereocenters. The van der Waals surface area contributed by atoms with E-state index < -0.39 is 11.5 Å².